The minimum absolute atomic E-state index is 0.00267. The maximum absolute atomic E-state index is 12.9. The second kappa shape index (κ2) is 4.87. The van der Waals surface area contributed by atoms with Crippen LogP contribution in [0.15, 0.2) is 18.2 Å². The molecule has 0 aliphatic carbocycles. The summed E-state index contributed by atoms with van der Waals surface area (Å²) in [6.07, 6.45) is -5.49. The Kier molecular flexibility index (Phi) is 3.92. The molecule has 1 unspecified atom stereocenters. The number of halogens is 4. The third-order valence-corrected chi connectivity index (χ3v) is 2.29. The smallest absolute Gasteiger partial charge is 0.419 e. The molecule has 2 N–H and O–H groups in total. The maximum Gasteiger partial charge on any atom is 0.419 e. The van der Waals surface area contributed by atoms with E-state index in [1.54, 1.807) is 0 Å². The Balaban J connectivity index is 3.01. The minimum Gasteiger partial charge on any atom is -0.484 e. The number of rotatable bonds is 3. The fourth-order valence-corrected chi connectivity index (χ4v) is 1.11. The Morgan fingerprint density at radius 3 is 2.47 bits per heavy atom. The molecule has 1 aromatic carbocycles. The van der Waals surface area contributed by atoms with E-state index < -0.39 is 23.7 Å². The molecule has 1 aromatic rings. The van der Waals surface area contributed by atoms with Crippen LogP contribution in [0, 0.1) is 5.82 Å². The van der Waals surface area contributed by atoms with E-state index in [-0.39, 0.29) is 10.7 Å². The summed E-state index contributed by atoms with van der Waals surface area (Å²) >= 11 is 4.61. The first-order valence-corrected chi connectivity index (χ1v) is 4.95. The molecule has 0 radical (unpaired) electrons. The molecule has 94 valence electrons. The zero-order valence-electron chi connectivity index (χ0n) is 8.72. The molecule has 1 atom stereocenters. The Labute approximate surface area is 100 Å². The number of thiocarbonyl (C=S) groups is 1. The zero-order chi connectivity index (χ0) is 13.2. The van der Waals surface area contributed by atoms with Gasteiger partial charge in [0.2, 0.25) is 0 Å². The molecule has 17 heavy (non-hydrogen) atoms. The van der Waals surface area contributed by atoms with E-state index >= 15 is 0 Å². The molecule has 2 nitrogen and oxygen atoms in total. The Morgan fingerprint density at radius 2 is 2.00 bits per heavy atom. The van der Waals surface area contributed by atoms with Crippen LogP contribution in [0.5, 0.6) is 5.75 Å². The molecule has 0 fully saturated rings. The predicted octanol–water partition coefficient (Wildman–Crippen LogP) is 2.90. The van der Waals surface area contributed by atoms with Crippen LogP contribution in [-0.4, -0.2) is 11.1 Å². The van der Waals surface area contributed by atoms with Crippen molar-refractivity contribution in [3.8, 4) is 5.75 Å². The van der Waals surface area contributed by atoms with Gasteiger partial charge >= 0.3 is 6.18 Å². The van der Waals surface area contributed by atoms with Gasteiger partial charge in [0.15, 0.2) is 0 Å². The van der Waals surface area contributed by atoms with E-state index in [1.165, 1.54) is 6.92 Å². The van der Waals surface area contributed by atoms with Crippen molar-refractivity contribution in [2.24, 2.45) is 5.73 Å². The van der Waals surface area contributed by atoms with Gasteiger partial charge in [-0.15, -0.1) is 0 Å². The first kappa shape index (κ1) is 13.7. The van der Waals surface area contributed by atoms with Gasteiger partial charge in [0.05, 0.1) is 5.56 Å². The fraction of sp³-hybridized carbons (Fsp3) is 0.300. The largest absolute Gasteiger partial charge is 0.484 e. The molecule has 0 aromatic heterocycles. The normalized spacial score (nSPS) is 13.2. The SMILES string of the molecule is CC(Oc1ccc(F)c(C(F)(F)F)c1)C(N)=S. The van der Waals surface area contributed by atoms with Gasteiger partial charge in [0.1, 0.15) is 22.7 Å². The zero-order valence-corrected chi connectivity index (χ0v) is 9.53. The van der Waals surface area contributed by atoms with Crippen molar-refractivity contribution < 1.29 is 22.3 Å². The van der Waals surface area contributed by atoms with Crippen LogP contribution in [-0.2, 0) is 6.18 Å². The van der Waals surface area contributed by atoms with Gasteiger partial charge in [-0.3, -0.25) is 0 Å². The molecule has 0 aliphatic heterocycles. The Bertz CT molecular complexity index is 433. The quantitative estimate of drug-likeness (QED) is 0.675. The summed E-state index contributed by atoms with van der Waals surface area (Å²) < 4.78 is 55.1. The first-order valence-electron chi connectivity index (χ1n) is 4.54. The van der Waals surface area contributed by atoms with E-state index in [1.807, 2.05) is 0 Å². The molecule has 1 rings (SSSR count). The lowest BCUT2D eigenvalue weighted by Crippen LogP contribution is -2.29. The van der Waals surface area contributed by atoms with Crippen molar-refractivity contribution >= 4 is 17.2 Å². The van der Waals surface area contributed by atoms with Crippen LogP contribution in [0.4, 0.5) is 17.6 Å². The summed E-state index contributed by atoms with van der Waals surface area (Å²) in [5.41, 5.74) is 3.86. The minimum atomic E-state index is -4.77. The maximum atomic E-state index is 12.9. The lowest BCUT2D eigenvalue weighted by atomic mass is 10.2. The van der Waals surface area contributed by atoms with Crippen molar-refractivity contribution in [1.29, 1.82) is 0 Å². The molecule has 0 saturated carbocycles. The highest BCUT2D eigenvalue weighted by molar-refractivity contribution is 7.80. The Hall–Kier alpha value is -1.37. The number of nitrogens with two attached hydrogens (primary N) is 1. The van der Waals surface area contributed by atoms with Crippen LogP contribution in [0.3, 0.4) is 0 Å². The van der Waals surface area contributed by atoms with E-state index in [0.29, 0.717) is 12.1 Å². The van der Waals surface area contributed by atoms with Crippen LogP contribution >= 0.6 is 12.2 Å². The third-order valence-electron chi connectivity index (χ3n) is 1.96. The van der Waals surface area contributed by atoms with E-state index in [0.717, 1.165) is 6.07 Å². The molecule has 0 spiro atoms. The van der Waals surface area contributed by atoms with Crippen molar-refractivity contribution in [2.75, 3.05) is 0 Å². The highest BCUT2D eigenvalue weighted by atomic mass is 32.1. The Morgan fingerprint density at radius 1 is 1.41 bits per heavy atom. The van der Waals surface area contributed by atoms with Crippen LogP contribution < -0.4 is 10.5 Å². The van der Waals surface area contributed by atoms with Crippen molar-refractivity contribution in [3.63, 3.8) is 0 Å². The third kappa shape index (κ3) is 3.55. The van der Waals surface area contributed by atoms with Crippen LogP contribution in [0.1, 0.15) is 12.5 Å². The lowest BCUT2D eigenvalue weighted by molar-refractivity contribution is -0.140. The summed E-state index contributed by atoms with van der Waals surface area (Å²) in [5, 5.41) is 0. The highest BCUT2D eigenvalue weighted by Crippen LogP contribution is 2.33. The first-order chi connectivity index (χ1) is 7.71. The second-order valence-corrected chi connectivity index (χ2v) is 3.77. The average Bonchev–Trinajstić information content (AvgIpc) is 2.19. The molecule has 0 saturated heterocycles. The van der Waals surface area contributed by atoms with Gasteiger partial charge in [0.25, 0.3) is 0 Å². The highest BCUT2D eigenvalue weighted by Gasteiger charge is 2.34. The molecule has 0 bridgehead atoms. The topological polar surface area (TPSA) is 35.2 Å². The van der Waals surface area contributed by atoms with Gasteiger partial charge < -0.3 is 10.5 Å². The van der Waals surface area contributed by atoms with Crippen molar-refractivity contribution in [1.82, 2.24) is 0 Å². The summed E-state index contributed by atoms with van der Waals surface area (Å²) in [6, 6.07) is 2.34. The molecule has 0 heterocycles. The van der Waals surface area contributed by atoms with E-state index in [4.69, 9.17) is 10.5 Å². The number of ether oxygens (including phenoxy) is 1. The monoisotopic (exact) mass is 267 g/mol. The van der Waals surface area contributed by atoms with Crippen LogP contribution in [0.2, 0.25) is 0 Å². The molecule has 0 amide bonds. The molecular weight excluding hydrogens is 258 g/mol. The van der Waals surface area contributed by atoms with E-state index in [9.17, 15) is 17.6 Å². The van der Waals surface area contributed by atoms with Gasteiger partial charge in [-0.05, 0) is 25.1 Å². The van der Waals surface area contributed by atoms with Gasteiger partial charge in [-0.25, -0.2) is 4.39 Å². The predicted molar refractivity (Wildman–Crippen MR) is 58.3 cm³/mol. The van der Waals surface area contributed by atoms with Gasteiger partial charge in [0, 0.05) is 0 Å². The number of alkyl halides is 3. The van der Waals surface area contributed by atoms with Gasteiger partial charge in [-0.2, -0.15) is 13.2 Å². The summed E-state index contributed by atoms with van der Waals surface area (Å²) in [7, 11) is 0. The lowest BCUT2D eigenvalue weighted by Gasteiger charge is -2.15. The average molecular weight is 267 g/mol. The standard InChI is InChI=1S/C10H9F4NOS/c1-5(9(15)17)16-6-2-3-8(11)7(4-6)10(12,13)14/h2-5H,1H3,(H2,15,17). The summed E-state index contributed by atoms with van der Waals surface area (Å²) in [6.45, 7) is 1.49. The van der Waals surface area contributed by atoms with Crippen molar-refractivity contribution in [3.05, 3.63) is 29.6 Å². The molecule has 7 heteroatoms. The van der Waals surface area contributed by atoms with E-state index in [2.05, 4.69) is 12.2 Å². The molecular formula is C10H9F4NOS. The summed E-state index contributed by atoms with van der Waals surface area (Å²) in [5.74, 6) is -1.49. The fourth-order valence-electron chi connectivity index (χ4n) is 1.06. The second-order valence-electron chi connectivity index (χ2n) is 3.30. The van der Waals surface area contributed by atoms with Crippen LogP contribution in [0.25, 0.3) is 0 Å². The molecule has 0 aliphatic rings. The summed E-state index contributed by atoms with van der Waals surface area (Å²) in [4.78, 5) is 0.00267. The van der Waals surface area contributed by atoms with Crippen molar-refractivity contribution in [2.45, 2.75) is 19.2 Å². The number of hydrogen-bond donors (Lipinski definition) is 1. The number of hydrogen-bond acceptors (Lipinski definition) is 2. The van der Waals surface area contributed by atoms with Gasteiger partial charge in [-0.1, -0.05) is 12.2 Å². The number of benzene rings is 1.